The van der Waals surface area contributed by atoms with Gasteiger partial charge >= 0.3 is 29.8 Å². The van der Waals surface area contributed by atoms with Crippen LogP contribution in [0.4, 0.5) is 0 Å². The molecule has 0 saturated carbocycles. The van der Waals surface area contributed by atoms with Gasteiger partial charge in [0, 0.05) is 27.7 Å². The molecule has 3 aliphatic rings. The predicted molar refractivity (Wildman–Crippen MR) is 127 cm³/mol. The highest BCUT2D eigenvalue weighted by Gasteiger charge is 2.58. The molecule has 0 aromatic heterocycles. The molecule has 3 aliphatic heterocycles. The molecular weight excluding hydrogens is 564 g/mol. The molecule has 3 rings (SSSR count). The van der Waals surface area contributed by atoms with Crippen molar-refractivity contribution in [1.82, 2.24) is 0 Å². The molecule has 0 aliphatic carbocycles. The summed E-state index contributed by atoms with van der Waals surface area (Å²) in [6.07, 6.45) is -12.7. The van der Waals surface area contributed by atoms with E-state index in [1.54, 1.807) is 13.8 Å². The second-order valence-electron chi connectivity index (χ2n) is 9.27. The zero-order valence-corrected chi connectivity index (χ0v) is 23.5. The second-order valence-corrected chi connectivity index (χ2v) is 9.54. The number of esters is 5. The molecule has 3 fully saturated rings. The number of ether oxygens (including phenoxy) is 10. The molecule has 0 amide bonds. The Labute approximate surface area is 234 Å². The first-order valence-corrected chi connectivity index (χ1v) is 13.0. The van der Waals surface area contributed by atoms with Gasteiger partial charge in [-0.1, -0.05) is 0 Å². The average molecular weight is 597 g/mol. The van der Waals surface area contributed by atoms with E-state index in [0.717, 1.165) is 27.7 Å². The lowest BCUT2D eigenvalue weighted by molar-refractivity contribution is -0.344. The molecule has 0 N–H and O–H groups in total. The minimum absolute atomic E-state index is 0.449. The molecule has 0 spiro atoms. The second kappa shape index (κ2) is 13.9. The highest BCUT2D eigenvalue weighted by atomic mass is 35.5. The van der Waals surface area contributed by atoms with Crippen LogP contribution in [0.2, 0.25) is 0 Å². The molecule has 11 atom stereocenters. The minimum Gasteiger partial charge on any atom is -0.463 e. The third-order valence-corrected chi connectivity index (χ3v) is 6.24. The van der Waals surface area contributed by atoms with Crippen molar-refractivity contribution in [2.75, 3.05) is 12.5 Å². The average Bonchev–Trinajstić information content (AvgIpc) is 3.22. The zero-order valence-electron chi connectivity index (χ0n) is 22.8. The van der Waals surface area contributed by atoms with Crippen LogP contribution >= 0.6 is 11.6 Å². The van der Waals surface area contributed by atoms with E-state index in [2.05, 4.69) is 0 Å². The van der Waals surface area contributed by atoms with E-state index in [1.807, 2.05) is 0 Å². The number of hydrogen-bond donors (Lipinski definition) is 0. The van der Waals surface area contributed by atoms with Crippen molar-refractivity contribution in [3.05, 3.63) is 0 Å². The van der Waals surface area contributed by atoms with Crippen molar-refractivity contribution in [2.24, 2.45) is 0 Å². The van der Waals surface area contributed by atoms with Crippen LogP contribution in [-0.4, -0.2) is 110 Å². The first-order valence-electron chi connectivity index (χ1n) is 12.5. The van der Waals surface area contributed by atoms with Crippen LogP contribution in [0.5, 0.6) is 0 Å². The number of fused-ring (bicyclic) bond motifs is 1. The Hall–Kier alpha value is -2.56. The third kappa shape index (κ3) is 8.01. The van der Waals surface area contributed by atoms with Gasteiger partial charge in [-0.3, -0.25) is 24.0 Å². The van der Waals surface area contributed by atoms with Crippen LogP contribution in [0.1, 0.15) is 41.5 Å². The summed E-state index contributed by atoms with van der Waals surface area (Å²) in [5.74, 6) is -4.30. The van der Waals surface area contributed by atoms with Crippen molar-refractivity contribution in [3.63, 3.8) is 0 Å². The van der Waals surface area contributed by atoms with E-state index in [4.69, 9.17) is 59.0 Å². The van der Waals surface area contributed by atoms with Gasteiger partial charge < -0.3 is 47.4 Å². The summed E-state index contributed by atoms with van der Waals surface area (Å²) in [5, 5.41) is 0. The number of carbonyl (C=O) groups excluding carboxylic acids is 5. The summed E-state index contributed by atoms with van der Waals surface area (Å²) in [6.45, 7) is 7.24. The third-order valence-electron chi connectivity index (χ3n) is 6.02. The molecule has 0 bridgehead atoms. The molecule has 1 unspecified atom stereocenters. The normalized spacial score (nSPS) is 37.0. The molecular formula is C24H33ClO15. The van der Waals surface area contributed by atoms with E-state index in [-0.39, 0.29) is 0 Å². The largest absolute Gasteiger partial charge is 0.463 e. The van der Waals surface area contributed by atoms with Gasteiger partial charge in [-0.2, -0.15) is 0 Å². The summed E-state index contributed by atoms with van der Waals surface area (Å²) in [5.41, 5.74) is 0. The number of carbonyl (C=O) groups is 5. The Morgan fingerprint density at radius 3 is 1.85 bits per heavy atom. The number of hydrogen-bond acceptors (Lipinski definition) is 15. The molecule has 3 heterocycles. The van der Waals surface area contributed by atoms with Crippen molar-refractivity contribution < 1.29 is 71.3 Å². The van der Waals surface area contributed by atoms with Crippen LogP contribution in [-0.2, 0) is 71.3 Å². The fraction of sp³-hybridized carbons (Fsp3) is 0.792. The van der Waals surface area contributed by atoms with Gasteiger partial charge in [-0.15, -0.1) is 11.6 Å². The summed E-state index contributed by atoms with van der Waals surface area (Å²) in [4.78, 5) is 59.9. The summed E-state index contributed by atoms with van der Waals surface area (Å²) in [7, 11) is 0. The molecule has 0 aromatic carbocycles. The van der Waals surface area contributed by atoms with Gasteiger partial charge in [0.25, 0.3) is 0 Å². The number of alkyl halides is 1. The Balaban J connectivity index is 2.03. The van der Waals surface area contributed by atoms with Crippen molar-refractivity contribution in [2.45, 2.75) is 109 Å². The molecule has 15 nitrogen and oxygen atoms in total. The van der Waals surface area contributed by atoms with Crippen molar-refractivity contribution >= 4 is 41.4 Å². The van der Waals surface area contributed by atoms with Crippen LogP contribution in [0.3, 0.4) is 0 Å². The standard InChI is InChI=1S/C24H33ClO15/c1-9-17(39-16(30)7-25)19(22-23(32-9)37-14(6)36-22)40-24-21(35-13(5)29)20(34-12(4)28)18(33-11(3)27)15(38-24)8-31-10(2)26/h9,14-15,17-24H,7-8H2,1-6H3/t9-,14?,15+,17-,18+,19+,20-,21+,22+,23+,24-/m0/s1. The summed E-state index contributed by atoms with van der Waals surface area (Å²) in [6, 6.07) is 0. The first kappa shape index (κ1) is 32.0. The quantitative estimate of drug-likeness (QED) is 0.199. The lowest BCUT2D eigenvalue weighted by atomic mass is 9.96. The Bertz CT molecular complexity index is 959. The van der Waals surface area contributed by atoms with Gasteiger partial charge in [-0.05, 0) is 13.8 Å². The lowest BCUT2D eigenvalue weighted by Crippen LogP contribution is -2.66. The summed E-state index contributed by atoms with van der Waals surface area (Å²) < 4.78 is 56.4. The minimum atomic E-state index is -1.55. The molecule has 40 heavy (non-hydrogen) atoms. The summed E-state index contributed by atoms with van der Waals surface area (Å²) >= 11 is 5.65. The van der Waals surface area contributed by atoms with E-state index in [9.17, 15) is 24.0 Å². The van der Waals surface area contributed by atoms with Crippen molar-refractivity contribution in [3.8, 4) is 0 Å². The number of rotatable bonds is 9. The Kier molecular flexibility index (Phi) is 11.1. The topological polar surface area (TPSA) is 178 Å². The van der Waals surface area contributed by atoms with E-state index >= 15 is 0 Å². The maximum atomic E-state index is 12.2. The SMILES string of the molecule is CC(=O)OC[C@H]1O[C@@H](O[C@@H]2[C@@H](OC(=O)CCl)[C@H](C)O[C@@H]3OC(C)O[C@@H]32)[C@H](OC(C)=O)[C@@H](OC(C)=O)[C@@H]1OC(C)=O. The van der Waals surface area contributed by atoms with Crippen molar-refractivity contribution in [1.29, 1.82) is 0 Å². The van der Waals surface area contributed by atoms with Gasteiger partial charge in [0.05, 0.1) is 6.10 Å². The van der Waals surface area contributed by atoms with Crippen LogP contribution < -0.4 is 0 Å². The predicted octanol–water partition coefficient (Wildman–Crippen LogP) is 0.112. The van der Waals surface area contributed by atoms with Gasteiger partial charge in [0.15, 0.2) is 43.3 Å². The smallest absolute Gasteiger partial charge is 0.321 e. The van der Waals surface area contributed by atoms with Gasteiger partial charge in [0.1, 0.15) is 30.8 Å². The van der Waals surface area contributed by atoms with Crippen LogP contribution in [0, 0.1) is 0 Å². The lowest BCUT2D eigenvalue weighted by Gasteiger charge is -2.47. The Morgan fingerprint density at radius 2 is 1.27 bits per heavy atom. The molecule has 16 heteroatoms. The monoisotopic (exact) mass is 596 g/mol. The highest BCUT2D eigenvalue weighted by Crippen LogP contribution is 2.37. The highest BCUT2D eigenvalue weighted by molar-refractivity contribution is 6.26. The zero-order chi connectivity index (χ0) is 29.7. The maximum absolute atomic E-state index is 12.2. The van der Waals surface area contributed by atoms with Crippen LogP contribution in [0.15, 0.2) is 0 Å². The molecule has 0 aromatic rings. The molecule has 226 valence electrons. The molecule has 0 radical (unpaired) electrons. The van der Waals surface area contributed by atoms with Crippen LogP contribution in [0.25, 0.3) is 0 Å². The van der Waals surface area contributed by atoms with Gasteiger partial charge in [-0.25, -0.2) is 0 Å². The van der Waals surface area contributed by atoms with E-state index < -0.39 is 110 Å². The maximum Gasteiger partial charge on any atom is 0.321 e. The van der Waals surface area contributed by atoms with E-state index in [1.165, 1.54) is 0 Å². The Morgan fingerprint density at radius 1 is 0.675 bits per heavy atom. The van der Waals surface area contributed by atoms with Gasteiger partial charge in [0.2, 0.25) is 0 Å². The fourth-order valence-electron chi connectivity index (χ4n) is 4.62. The molecule has 3 saturated heterocycles. The number of halogens is 1. The fourth-order valence-corrected chi connectivity index (χ4v) is 4.69. The first-order chi connectivity index (χ1) is 18.8. The van der Waals surface area contributed by atoms with E-state index in [0.29, 0.717) is 0 Å².